The summed E-state index contributed by atoms with van der Waals surface area (Å²) in [7, 11) is 0. The van der Waals surface area contributed by atoms with Crippen molar-refractivity contribution in [2.24, 2.45) is 0 Å². The maximum absolute atomic E-state index is 8.80. The van der Waals surface area contributed by atoms with E-state index >= 15 is 0 Å². The van der Waals surface area contributed by atoms with Gasteiger partial charge in [0.15, 0.2) is 6.29 Å². The van der Waals surface area contributed by atoms with Crippen molar-refractivity contribution >= 4 is 0 Å². The van der Waals surface area contributed by atoms with E-state index in [9.17, 15) is 0 Å². The molecule has 3 heteroatoms. The molecule has 0 aromatic carbocycles. The fourth-order valence-corrected chi connectivity index (χ4v) is 0.772. The predicted octanol–water partition coefficient (Wildman–Crippen LogP) is -0.526. The van der Waals surface area contributed by atoms with Gasteiger partial charge in [0.25, 0.3) is 0 Å². The summed E-state index contributed by atoms with van der Waals surface area (Å²) in [5, 5.41) is 17.3. The fourth-order valence-electron chi connectivity index (χ4n) is 0.772. The summed E-state index contributed by atoms with van der Waals surface area (Å²) in [6.07, 6.45) is -0.956. The summed E-state index contributed by atoms with van der Waals surface area (Å²) >= 11 is 0. The van der Waals surface area contributed by atoms with Crippen LogP contribution in [-0.4, -0.2) is 28.7 Å². The molecule has 0 radical (unpaired) electrons. The van der Waals surface area contributed by atoms with Gasteiger partial charge in [0, 0.05) is 0 Å². The standard InChI is InChI=1S/C5H10O3/c1-2-3-4(6)5(7)8-3/h3-7H,2H2,1H3. The third-order valence-corrected chi connectivity index (χ3v) is 1.39. The molecule has 0 amide bonds. The largest absolute Gasteiger partial charge is 0.385 e. The molecule has 3 atom stereocenters. The SMILES string of the molecule is CCC1OC(O)C1O. The molecule has 1 fully saturated rings. The third kappa shape index (κ3) is 0.727. The van der Waals surface area contributed by atoms with E-state index in [0.717, 1.165) is 6.42 Å². The van der Waals surface area contributed by atoms with Gasteiger partial charge in [-0.15, -0.1) is 0 Å². The highest BCUT2D eigenvalue weighted by Crippen LogP contribution is 2.20. The smallest absolute Gasteiger partial charge is 0.183 e. The van der Waals surface area contributed by atoms with Crippen molar-refractivity contribution < 1.29 is 14.9 Å². The van der Waals surface area contributed by atoms with Gasteiger partial charge in [-0.25, -0.2) is 0 Å². The summed E-state index contributed by atoms with van der Waals surface area (Å²) in [5.41, 5.74) is 0. The van der Waals surface area contributed by atoms with Crippen molar-refractivity contribution in [1.82, 2.24) is 0 Å². The molecule has 0 bridgehead atoms. The maximum Gasteiger partial charge on any atom is 0.183 e. The van der Waals surface area contributed by atoms with Gasteiger partial charge in [-0.2, -0.15) is 0 Å². The number of aliphatic hydroxyl groups excluding tert-OH is 2. The Morgan fingerprint density at radius 2 is 2.12 bits per heavy atom. The molecule has 1 aliphatic heterocycles. The second kappa shape index (κ2) is 2.01. The number of hydrogen-bond donors (Lipinski definition) is 2. The van der Waals surface area contributed by atoms with Gasteiger partial charge < -0.3 is 14.9 Å². The van der Waals surface area contributed by atoms with Crippen molar-refractivity contribution in [2.45, 2.75) is 31.8 Å². The summed E-state index contributed by atoms with van der Waals surface area (Å²) < 4.78 is 4.71. The normalized spacial score (nSPS) is 46.1. The Labute approximate surface area is 47.9 Å². The Hall–Kier alpha value is -0.120. The Morgan fingerprint density at radius 3 is 2.25 bits per heavy atom. The van der Waals surface area contributed by atoms with E-state index in [1.54, 1.807) is 0 Å². The molecule has 8 heavy (non-hydrogen) atoms. The molecule has 1 saturated heterocycles. The average molecular weight is 118 g/mol. The lowest BCUT2D eigenvalue weighted by Gasteiger charge is -2.37. The van der Waals surface area contributed by atoms with E-state index < -0.39 is 12.4 Å². The van der Waals surface area contributed by atoms with Gasteiger partial charge in [-0.05, 0) is 6.42 Å². The molecule has 0 aliphatic carbocycles. The molecule has 48 valence electrons. The van der Waals surface area contributed by atoms with Gasteiger partial charge in [-0.1, -0.05) is 6.92 Å². The fraction of sp³-hybridized carbons (Fsp3) is 1.00. The predicted molar refractivity (Wildman–Crippen MR) is 27.2 cm³/mol. The van der Waals surface area contributed by atoms with Gasteiger partial charge >= 0.3 is 0 Å². The van der Waals surface area contributed by atoms with Crippen LogP contribution in [0.2, 0.25) is 0 Å². The summed E-state index contributed by atoms with van der Waals surface area (Å²) in [4.78, 5) is 0. The van der Waals surface area contributed by atoms with E-state index in [1.807, 2.05) is 6.92 Å². The minimum absolute atomic E-state index is 0.134. The highest BCUT2D eigenvalue weighted by molar-refractivity contribution is 4.79. The second-order valence-electron chi connectivity index (χ2n) is 1.96. The Kier molecular flexibility index (Phi) is 1.51. The zero-order valence-corrected chi connectivity index (χ0v) is 4.74. The number of rotatable bonds is 1. The van der Waals surface area contributed by atoms with Crippen molar-refractivity contribution in [3.05, 3.63) is 0 Å². The summed E-state index contributed by atoms with van der Waals surface area (Å²) in [6, 6.07) is 0. The molecule has 1 rings (SSSR count). The number of aliphatic hydroxyl groups is 2. The van der Waals surface area contributed by atoms with Crippen LogP contribution in [-0.2, 0) is 4.74 Å². The molecule has 0 aromatic rings. The van der Waals surface area contributed by atoms with Crippen LogP contribution in [0.15, 0.2) is 0 Å². The molecular weight excluding hydrogens is 108 g/mol. The van der Waals surface area contributed by atoms with Crippen LogP contribution in [0.25, 0.3) is 0 Å². The van der Waals surface area contributed by atoms with Crippen LogP contribution >= 0.6 is 0 Å². The molecule has 3 unspecified atom stereocenters. The van der Waals surface area contributed by atoms with E-state index in [1.165, 1.54) is 0 Å². The van der Waals surface area contributed by atoms with Gasteiger partial charge in [0.05, 0.1) is 6.10 Å². The van der Waals surface area contributed by atoms with Gasteiger partial charge in [0.2, 0.25) is 0 Å². The molecule has 0 saturated carbocycles. The number of ether oxygens (including phenoxy) is 1. The molecule has 0 aromatic heterocycles. The second-order valence-corrected chi connectivity index (χ2v) is 1.96. The van der Waals surface area contributed by atoms with Crippen LogP contribution in [0.5, 0.6) is 0 Å². The zero-order chi connectivity index (χ0) is 6.15. The Balaban J connectivity index is 2.25. The Morgan fingerprint density at radius 1 is 1.50 bits per heavy atom. The van der Waals surface area contributed by atoms with E-state index in [4.69, 9.17) is 14.9 Å². The van der Waals surface area contributed by atoms with E-state index in [0.29, 0.717) is 0 Å². The molecule has 3 nitrogen and oxygen atoms in total. The first-order chi connectivity index (χ1) is 3.75. The van der Waals surface area contributed by atoms with Gasteiger partial charge in [-0.3, -0.25) is 0 Å². The highest BCUT2D eigenvalue weighted by Gasteiger charge is 2.38. The molecule has 1 aliphatic rings. The van der Waals surface area contributed by atoms with E-state index in [-0.39, 0.29) is 6.10 Å². The van der Waals surface area contributed by atoms with Crippen molar-refractivity contribution in [1.29, 1.82) is 0 Å². The highest BCUT2D eigenvalue weighted by atomic mass is 16.7. The first-order valence-corrected chi connectivity index (χ1v) is 2.77. The zero-order valence-electron chi connectivity index (χ0n) is 4.74. The first kappa shape index (κ1) is 6.01. The molecule has 2 N–H and O–H groups in total. The molecule has 1 heterocycles. The summed E-state index contributed by atoms with van der Waals surface area (Å²) in [5.74, 6) is 0. The quantitative estimate of drug-likeness (QED) is 0.487. The van der Waals surface area contributed by atoms with Crippen LogP contribution < -0.4 is 0 Å². The average Bonchev–Trinajstić information content (AvgIpc) is 1.81. The minimum atomic E-state index is -0.931. The maximum atomic E-state index is 8.80. The van der Waals surface area contributed by atoms with Crippen molar-refractivity contribution in [3.8, 4) is 0 Å². The van der Waals surface area contributed by atoms with Crippen molar-refractivity contribution in [3.63, 3.8) is 0 Å². The monoisotopic (exact) mass is 118 g/mol. The van der Waals surface area contributed by atoms with Crippen LogP contribution in [0, 0.1) is 0 Å². The van der Waals surface area contributed by atoms with E-state index in [2.05, 4.69) is 0 Å². The molecular formula is C5H10O3. The minimum Gasteiger partial charge on any atom is -0.385 e. The van der Waals surface area contributed by atoms with Crippen LogP contribution in [0.4, 0.5) is 0 Å². The summed E-state index contributed by atoms with van der Waals surface area (Å²) in [6.45, 7) is 1.90. The lowest BCUT2D eigenvalue weighted by Crippen LogP contribution is -2.53. The van der Waals surface area contributed by atoms with Crippen LogP contribution in [0.3, 0.4) is 0 Å². The number of hydrogen-bond acceptors (Lipinski definition) is 3. The Bertz CT molecular complexity index is 83.7. The van der Waals surface area contributed by atoms with Crippen LogP contribution in [0.1, 0.15) is 13.3 Å². The molecule has 0 spiro atoms. The van der Waals surface area contributed by atoms with Crippen molar-refractivity contribution in [2.75, 3.05) is 0 Å². The lowest BCUT2D eigenvalue weighted by atomic mass is 10.1. The van der Waals surface area contributed by atoms with Gasteiger partial charge in [0.1, 0.15) is 6.10 Å². The topological polar surface area (TPSA) is 49.7 Å². The first-order valence-electron chi connectivity index (χ1n) is 2.77. The lowest BCUT2D eigenvalue weighted by molar-refractivity contribution is -0.305. The third-order valence-electron chi connectivity index (χ3n) is 1.39.